The van der Waals surface area contributed by atoms with Crippen LogP contribution in [0.25, 0.3) is 0 Å². The Morgan fingerprint density at radius 2 is 2.17 bits per heavy atom. The number of nitrogens with one attached hydrogen (secondary N) is 1. The molecule has 0 aliphatic carbocycles. The lowest BCUT2D eigenvalue weighted by Crippen LogP contribution is -2.56. The molecule has 2 rings (SSSR count). The van der Waals surface area contributed by atoms with Crippen LogP contribution in [0.5, 0.6) is 0 Å². The smallest absolute Gasteiger partial charge is 0.270 e. The number of carbonyl (C=O) groups is 1. The lowest BCUT2D eigenvalue weighted by molar-refractivity contribution is 0.0606. The average molecular weight is 337 g/mol. The number of aryl methyl sites for hydroxylation is 1. The molecule has 1 N–H and O–H groups in total. The number of hydrogen-bond acceptors (Lipinski definition) is 2. The number of rotatable bonds is 1. The molecule has 1 aromatic heterocycles. The van der Waals surface area contributed by atoms with Crippen LogP contribution < -0.4 is 5.32 Å². The van der Waals surface area contributed by atoms with Gasteiger partial charge in [-0.3, -0.25) is 4.79 Å². The van der Waals surface area contributed by atoms with Crippen molar-refractivity contribution in [2.24, 2.45) is 7.05 Å². The molecule has 0 aromatic carbocycles. The average Bonchev–Trinajstić information content (AvgIpc) is 2.60. The van der Waals surface area contributed by atoms with Crippen LogP contribution in [-0.4, -0.2) is 40.5 Å². The number of amides is 1. The van der Waals surface area contributed by atoms with E-state index in [9.17, 15) is 4.79 Å². The molecule has 2 atom stereocenters. The van der Waals surface area contributed by atoms with Crippen molar-refractivity contribution in [2.45, 2.75) is 25.9 Å². The molecule has 0 radical (unpaired) electrons. The minimum atomic E-state index is 0. The Morgan fingerprint density at radius 1 is 1.50 bits per heavy atom. The molecule has 2 heterocycles. The second-order valence-corrected chi connectivity index (χ2v) is 5.69. The van der Waals surface area contributed by atoms with Gasteiger partial charge in [-0.1, -0.05) is 0 Å². The summed E-state index contributed by atoms with van der Waals surface area (Å²) >= 11 is 3.40. The van der Waals surface area contributed by atoms with Crippen molar-refractivity contribution < 1.29 is 4.79 Å². The molecule has 4 nitrogen and oxygen atoms in total. The van der Waals surface area contributed by atoms with Gasteiger partial charge in [0.15, 0.2) is 0 Å². The molecule has 1 aliphatic rings. The fraction of sp³-hybridized carbons (Fsp3) is 0.583. The largest absolute Gasteiger partial charge is 0.345 e. The van der Waals surface area contributed by atoms with E-state index >= 15 is 0 Å². The number of hydrogen-bond donors (Lipinski definition) is 1. The van der Waals surface area contributed by atoms with E-state index in [0.29, 0.717) is 6.04 Å². The van der Waals surface area contributed by atoms with Gasteiger partial charge in [0.1, 0.15) is 5.69 Å². The Labute approximate surface area is 122 Å². The molecular weight excluding hydrogens is 318 g/mol. The van der Waals surface area contributed by atoms with E-state index in [1.807, 2.05) is 28.8 Å². The summed E-state index contributed by atoms with van der Waals surface area (Å²) in [5, 5.41) is 3.38. The van der Waals surface area contributed by atoms with Gasteiger partial charge in [0.05, 0.1) is 0 Å². The van der Waals surface area contributed by atoms with E-state index in [1.165, 1.54) is 0 Å². The van der Waals surface area contributed by atoms with Gasteiger partial charge in [0, 0.05) is 42.9 Å². The summed E-state index contributed by atoms with van der Waals surface area (Å²) in [6, 6.07) is 2.48. The van der Waals surface area contributed by atoms with Gasteiger partial charge in [-0.25, -0.2) is 0 Å². The highest BCUT2D eigenvalue weighted by atomic mass is 79.9. The van der Waals surface area contributed by atoms with Gasteiger partial charge in [-0.2, -0.15) is 0 Å². The van der Waals surface area contributed by atoms with E-state index in [0.717, 1.165) is 23.3 Å². The molecule has 1 fully saturated rings. The zero-order valence-corrected chi connectivity index (χ0v) is 13.2. The molecule has 102 valence electrons. The molecule has 2 unspecified atom stereocenters. The zero-order chi connectivity index (χ0) is 12.6. The Balaban J connectivity index is 0.00000162. The van der Waals surface area contributed by atoms with Crippen LogP contribution >= 0.6 is 28.3 Å². The monoisotopic (exact) mass is 335 g/mol. The maximum atomic E-state index is 12.4. The molecule has 6 heteroatoms. The molecule has 1 saturated heterocycles. The van der Waals surface area contributed by atoms with Crippen molar-refractivity contribution in [2.75, 3.05) is 13.1 Å². The third-order valence-corrected chi connectivity index (χ3v) is 3.65. The van der Waals surface area contributed by atoms with Crippen molar-refractivity contribution in [3.8, 4) is 0 Å². The highest BCUT2D eigenvalue weighted by molar-refractivity contribution is 9.10. The zero-order valence-electron chi connectivity index (χ0n) is 10.8. The van der Waals surface area contributed by atoms with Crippen LogP contribution in [-0.2, 0) is 7.05 Å². The van der Waals surface area contributed by atoms with Gasteiger partial charge in [-0.05, 0) is 35.8 Å². The van der Waals surface area contributed by atoms with E-state index in [4.69, 9.17) is 0 Å². The van der Waals surface area contributed by atoms with Crippen molar-refractivity contribution in [3.05, 3.63) is 22.4 Å². The Bertz CT molecular complexity index is 435. The summed E-state index contributed by atoms with van der Waals surface area (Å²) < 4.78 is 2.81. The van der Waals surface area contributed by atoms with E-state index in [-0.39, 0.29) is 24.4 Å². The second-order valence-electron chi connectivity index (χ2n) is 4.77. The maximum absolute atomic E-state index is 12.4. The van der Waals surface area contributed by atoms with E-state index in [2.05, 4.69) is 35.1 Å². The molecule has 0 spiro atoms. The Hall–Kier alpha value is -0.520. The fourth-order valence-electron chi connectivity index (χ4n) is 2.19. The van der Waals surface area contributed by atoms with Crippen LogP contribution in [0.4, 0.5) is 0 Å². The topological polar surface area (TPSA) is 37.3 Å². The van der Waals surface area contributed by atoms with E-state index < -0.39 is 0 Å². The molecule has 1 aromatic rings. The summed E-state index contributed by atoms with van der Waals surface area (Å²) in [6.45, 7) is 5.81. The molecule has 1 amide bonds. The maximum Gasteiger partial charge on any atom is 0.270 e. The first kappa shape index (κ1) is 15.5. The summed E-state index contributed by atoms with van der Waals surface area (Å²) in [4.78, 5) is 14.4. The minimum absolute atomic E-state index is 0. The fourth-order valence-corrected chi connectivity index (χ4v) is 2.71. The highest BCUT2D eigenvalue weighted by Crippen LogP contribution is 2.17. The van der Waals surface area contributed by atoms with Crippen LogP contribution in [0.1, 0.15) is 24.3 Å². The normalized spacial score (nSPS) is 23.7. The summed E-state index contributed by atoms with van der Waals surface area (Å²) in [6.07, 6.45) is 1.91. The first-order valence-electron chi connectivity index (χ1n) is 5.85. The molecular formula is C12H19BrClN3O. The number of piperazine rings is 1. The molecule has 0 bridgehead atoms. The van der Waals surface area contributed by atoms with Crippen molar-refractivity contribution in [1.82, 2.24) is 14.8 Å². The molecule has 0 saturated carbocycles. The summed E-state index contributed by atoms with van der Waals surface area (Å²) in [7, 11) is 1.90. The number of halogens is 2. The lowest BCUT2D eigenvalue weighted by Gasteiger charge is -2.37. The summed E-state index contributed by atoms with van der Waals surface area (Å²) in [5.41, 5.74) is 0.734. The minimum Gasteiger partial charge on any atom is -0.345 e. The third-order valence-electron chi connectivity index (χ3n) is 3.22. The van der Waals surface area contributed by atoms with E-state index in [1.54, 1.807) is 0 Å². The quantitative estimate of drug-likeness (QED) is 0.852. The predicted octanol–water partition coefficient (Wildman–Crippen LogP) is 2.03. The summed E-state index contributed by atoms with van der Waals surface area (Å²) in [5.74, 6) is 0.110. The SMILES string of the molecule is CC1CN(C(=O)c2cc(Br)cn2C)C(C)CN1.Cl. The highest BCUT2D eigenvalue weighted by Gasteiger charge is 2.28. The van der Waals surface area contributed by atoms with Crippen LogP contribution in [0.3, 0.4) is 0 Å². The second kappa shape index (κ2) is 6.08. The first-order chi connectivity index (χ1) is 7.99. The van der Waals surface area contributed by atoms with Gasteiger partial charge in [0.2, 0.25) is 0 Å². The standard InChI is InChI=1S/C12H18BrN3O.ClH/c1-8-6-16(9(2)5-14-8)12(17)11-4-10(13)7-15(11)3;/h4,7-9,14H,5-6H2,1-3H3;1H. The predicted molar refractivity (Wildman–Crippen MR) is 78.3 cm³/mol. The number of aromatic nitrogens is 1. The molecule has 18 heavy (non-hydrogen) atoms. The number of carbonyl (C=O) groups excluding carboxylic acids is 1. The van der Waals surface area contributed by atoms with Crippen LogP contribution in [0.15, 0.2) is 16.7 Å². The molecule has 1 aliphatic heterocycles. The van der Waals surface area contributed by atoms with Crippen molar-refractivity contribution in [1.29, 1.82) is 0 Å². The van der Waals surface area contributed by atoms with Gasteiger partial charge < -0.3 is 14.8 Å². The van der Waals surface area contributed by atoms with Crippen molar-refractivity contribution >= 4 is 34.2 Å². The van der Waals surface area contributed by atoms with Crippen molar-refractivity contribution in [3.63, 3.8) is 0 Å². The Morgan fingerprint density at radius 3 is 2.72 bits per heavy atom. The first-order valence-corrected chi connectivity index (χ1v) is 6.64. The van der Waals surface area contributed by atoms with Crippen LogP contribution in [0.2, 0.25) is 0 Å². The van der Waals surface area contributed by atoms with Gasteiger partial charge in [0.25, 0.3) is 5.91 Å². The van der Waals surface area contributed by atoms with Crippen LogP contribution in [0, 0.1) is 0 Å². The third kappa shape index (κ3) is 3.08. The number of nitrogens with zero attached hydrogens (tertiary/aromatic N) is 2. The van der Waals surface area contributed by atoms with Gasteiger partial charge in [-0.15, -0.1) is 12.4 Å². The Kier molecular flexibility index (Phi) is 5.25. The lowest BCUT2D eigenvalue weighted by atomic mass is 10.1. The van der Waals surface area contributed by atoms with Gasteiger partial charge >= 0.3 is 0 Å².